The van der Waals surface area contributed by atoms with Crippen molar-refractivity contribution in [2.24, 2.45) is 0 Å². The van der Waals surface area contributed by atoms with Gasteiger partial charge in [-0.3, -0.25) is 4.79 Å². The molecule has 2 heterocycles. The number of carbonyl (C=O) groups excluding carboxylic acids is 2. The zero-order valence-corrected chi connectivity index (χ0v) is 22.3. The predicted molar refractivity (Wildman–Crippen MR) is 135 cm³/mol. The summed E-state index contributed by atoms with van der Waals surface area (Å²) >= 11 is 8.66. The maximum Gasteiger partial charge on any atom is 0.341 e. The zero-order chi connectivity index (χ0) is 25.0. The summed E-state index contributed by atoms with van der Waals surface area (Å²) in [6.45, 7) is 10.2. The molecule has 182 valence electrons. The first-order valence-corrected chi connectivity index (χ1v) is 12.8. The molecule has 0 saturated heterocycles. The van der Waals surface area contributed by atoms with Crippen molar-refractivity contribution in [3.8, 4) is 5.75 Å². The number of nitrogens with zero attached hydrogens (tertiary/aromatic N) is 3. The minimum atomic E-state index is -0.468. The van der Waals surface area contributed by atoms with Gasteiger partial charge in [-0.05, 0) is 63.9 Å². The fraction of sp³-hybridized carbons (Fsp3) is 0.391. The van der Waals surface area contributed by atoms with Gasteiger partial charge in [0.05, 0.1) is 18.4 Å². The maximum absolute atomic E-state index is 12.6. The largest absolute Gasteiger partial charge is 0.482 e. The van der Waals surface area contributed by atoms with E-state index in [0.29, 0.717) is 33.1 Å². The highest BCUT2D eigenvalue weighted by molar-refractivity contribution is 7.99. The first kappa shape index (κ1) is 26.1. The Bertz CT molecular complexity index is 1210. The van der Waals surface area contributed by atoms with Crippen LogP contribution >= 0.6 is 34.7 Å². The summed E-state index contributed by atoms with van der Waals surface area (Å²) in [7, 11) is 1.32. The standard InChI is InChI=1S/C23H27ClN4O4S2/c1-7-28-20(14(4)32-17-9-8-16(24)10-12(17)2)26-27-23(28)33-11-18(29)25-21-19(22(30)31-6)13(3)15(5)34-21/h8-10,14H,7,11H2,1-6H3,(H,25,29). The summed E-state index contributed by atoms with van der Waals surface area (Å²) in [5, 5.41) is 13.2. The molecule has 34 heavy (non-hydrogen) atoms. The predicted octanol–water partition coefficient (Wildman–Crippen LogP) is 5.60. The van der Waals surface area contributed by atoms with Crippen molar-refractivity contribution in [1.29, 1.82) is 0 Å². The summed E-state index contributed by atoms with van der Waals surface area (Å²) in [5.41, 5.74) is 2.13. The molecule has 0 spiro atoms. The third-order valence-electron chi connectivity index (χ3n) is 5.23. The van der Waals surface area contributed by atoms with Crippen molar-refractivity contribution in [3.05, 3.63) is 50.6 Å². The lowest BCUT2D eigenvalue weighted by Crippen LogP contribution is -2.17. The minimum absolute atomic E-state index is 0.111. The van der Waals surface area contributed by atoms with Gasteiger partial charge in [0.1, 0.15) is 10.8 Å². The van der Waals surface area contributed by atoms with E-state index in [9.17, 15) is 9.59 Å². The molecular formula is C23H27ClN4O4S2. The fourth-order valence-corrected chi connectivity index (χ4v) is 5.45. The molecule has 0 bridgehead atoms. The molecule has 0 radical (unpaired) electrons. The second kappa shape index (κ2) is 11.2. The highest BCUT2D eigenvalue weighted by Gasteiger charge is 2.23. The Labute approximate surface area is 212 Å². The van der Waals surface area contributed by atoms with Gasteiger partial charge >= 0.3 is 5.97 Å². The van der Waals surface area contributed by atoms with Crippen LogP contribution in [0.2, 0.25) is 5.02 Å². The average Bonchev–Trinajstić information content (AvgIpc) is 3.33. The lowest BCUT2D eigenvalue weighted by Gasteiger charge is -2.17. The van der Waals surface area contributed by atoms with Gasteiger partial charge in [-0.15, -0.1) is 21.5 Å². The number of esters is 1. The Kier molecular flexibility index (Phi) is 8.62. The molecule has 2 aromatic heterocycles. The maximum atomic E-state index is 12.6. The molecule has 0 aliphatic rings. The van der Waals surface area contributed by atoms with Crippen LogP contribution in [0.1, 0.15) is 52.1 Å². The molecule has 0 saturated carbocycles. The van der Waals surface area contributed by atoms with E-state index in [1.165, 1.54) is 30.2 Å². The van der Waals surface area contributed by atoms with Gasteiger partial charge in [0, 0.05) is 16.4 Å². The number of carbonyl (C=O) groups is 2. The molecule has 1 atom stereocenters. The van der Waals surface area contributed by atoms with E-state index in [4.69, 9.17) is 21.1 Å². The number of hydrogen-bond acceptors (Lipinski definition) is 8. The number of methoxy groups -OCH3 is 1. The van der Waals surface area contributed by atoms with Crippen LogP contribution in [-0.2, 0) is 16.1 Å². The van der Waals surface area contributed by atoms with Crippen LogP contribution in [-0.4, -0.2) is 39.5 Å². The smallest absolute Gasteiger partial charge is 0.341 e. The monoisotopic (exact) mass is 522 g/mol. The molecule has 3 aromatic rings. The molecule has 0 aliphatic heterocycles. The van der Waals surface area contributed by atoms with Gasteiger partial charge in [-0.1, -0.05) is 23.4 Å². The molecule has 1 aromatic carbocycles. The van der Waals surface area contributed by atoms with Crippen LogP contribution in [0.25, 0.3) is 0 Å². The molecule has 1 N–H and O–H groups in total. The number of anilines is 1. The van der Waals surface area contributed by atoms with Crippen molar-refractivity contribution in [2.75, 3.05) is 18.2 Å². The molecule has 3 rings (SSSR count). The number of halogens is 1. The van der Waals surface area contributed by atoms with E-state index in [2.05, 4.69) is 15.5 Å². The quantitative estimate of drug-likeness (QED) is 0.289. The van der Waals surface area contributed by atoms with E-state index >= 15 is 0 Å². The Morgan fingerprint density at radius 3 is 2.65 bits per heavy atom. The van der Waals surface area contributed by atoms with Gasteiger partial charge < -0.3 is 19.4 Å². The Hall–Kier alpha value is -2.56. The molecule has 11 heteroatoms. The third kappa shape index (κ3) is 5.73. The van der Waals surface area contributed by atoms with Gasteiger partial charge in [0.2, 0.25) is 5.91 Å². The molecule has 1 unspecified atom stereocenters. The number of rotatable bonds is 9. The van der Waals surface area contributed by atoms with Crippen molar-refractivity contribution in [3.63, 3.8) is 0 Å². The second-order valence-electron chi connectivity index (χ2n) is 7.57. The topological polar surface area (TPSA) is 95.3 Å². The summed E-state index contributed by atoms with van der Waals surface area (Å²) < 4.78 is 12.9. The molecule has 1 amide bonds. The Morgan fingerprint density at radius 2 is 2.00 bits per heavy atom. The van der Waals surface area contributed by atoms with Crippen LogP contribution < -0.4 is 10.1 Å². The number of ether oxygens (including phenoxy) is 2. The number of nitrogens with one attached hydrogen (secondary N) is 1. The van der Waals surface area contributed by atoms with Gasteiger partial charge in [0.15, 0.2) is 17.1 Å². The zero-order valence-electron chi connectivity index (χ0n) is 19.9. The van der Waals surface area contributed by atoms with Crippen molar-refractivity contribution >= 4 is 51.6 Å². The van der Waals surface area contributed by atoms with Crippen LogP contribution in [0.5, 0.6) is 5.75 Å². The number of aryl methyl sites for hydroxylation is 2. The summed E-state index contributed by atoms with van der Waals surface area (Å²) in [6, 6.07) is 5.46. The number of hydrogen-bond donors (Lipinski definition) is 1. The summed E-state index contributed by atoms with van der Waals surface area (Å²) in [6.07, 6.45) is -0.352. The Balaban J connectivity index is 1.69. The molecule has 0 aliphatic carbocycles. The second-order valence-corrected chi connectivity index (χ2v) is 10.2. The average molecular weight is 523 g/mol. The minimum Gasteiger partial charge on any atom is -0.482 e. The SMILES string of the molecule is CCn1c(SCC(=O)Nc2sc(C)c(C)c2C(=O)OC)nnc1C(C)Oc1ccc(Cl)cc1C. The normalized spacial score (nSPS) is 11.9. The van der Waals surface area contributed by atoms with E-state index in [1.54, 1.807) is 6.07 Å². The first-order valence-electron chi connectivity index (χ1n) is 10.6. The number of thiophene rings is 1. The third-order valence-corrected chi connectivity index (χ3v) is 7.55. The number of benzene rings is 1. The van der Waals surface area contributed by atoms with Crippen molar-refractivity contribution in [1.82, 2.24) is 14.8 Å². The Morgan fingerprint density at radius 1 is 1.26 bits per heavy atom. The van der Waals surface area contributed by atoms with Crippen LogP contribution in [0.15, 0.2) is 23.4 Å². The van der Waals surface area contributed by atoms with Crippen LogP contribution in [0, 0.1) is 20.8 Å². The summed E-state index contributed by atoms with van der Waals surface area (Å²) in [5.74, 6) is 0.784. The molecule has 8 nitrogen and oxygen atoms in total. The number of thioether (sulfide) groups is 1. The first-order chi connectivity index (χ1) is 16.2. The van der Waals surface area contributed by atoms with Gasteiger partial charge in [-0.2, -0.15) is 0 Å². The van der Waals surface area contributed by atoms with E-state index < -0.39 is 5.97 Å². The fourth-order valence-electron chi connectivity index (χ4n) is 3.35. The molecular weight excluding hydrogens is 496 g/mol. The van der Waals surface area contributed by atoms with Crippen LogP contribution in [0.4, 0.5) is 5.00 Å². The van der Waals surface area contributed by atoms with Crippen molar-refractivity contribution < 1.29 is 19.1 Å². The van der Waals surface area contributed by atoms with E-state index in [-0.39, 0.29) is 17.8 Å². The van der Waals surface area contributed by atoms with Gasteiger partial charge in [0.25, 0.3) is 0 Å². The van der Waals surface area contributed by atoms with E-state index in [0.717, 1.165) is 21.8 Å². The van der Waals surface area contributed by atoms with Crippen molar-refractivity contribution in [2.45, 2.75) is 52.4 Å². The molecule has 0 fully saturated rings. The number of amides is 1. The van der Waals surface area contributed by atoms with Gasteiger partial charge in [-0.25, -0.2) is 4.79 Å². The number of aromatic nitrogens is 3. The van der Waals surface area contributed by atoms with E-state index in [1.807, 2.05) is 51.3 Å². The highest BCUT2D eigenvalue weighted by atomic mass is 35.5. The lowest BCUT2D eigenvalue weighted by atomic mass is 10.1. The highest BCUT2D eigenvalue weighted by Crippen LogP contribution is 2.33. The van der Waals surface area contributed by atoms with Crippen LogP contribution in [0.3, 0.4) is 0 Å². The summed E-state index contributed by atoms with van der Waals surface area (Å²) in [4.78, 5) is 25.7. The lowest BCUT2D eigenvalue weighted by molar-refractivity contribution is -0.113.